The third-order valence-electron chi connectivity index (χ3n) is 3.70. The highest BCUT2D eigenvalue weighted by molar-refractivity contribution is 6.00. The fourth-order valence-electron chi connectivity index (χ4n) is 2.51. The van der Waals surface area contributed by atoms with Crippen LogP contribution in [0.25, 0.3) is 11.1 Å². The van der Waals surface area contributed by atoms with Crippen LogP contribution >= 0.6 is 0 Å². The fourth-order valence-corrected chi connectivity index (χ4v) is 2.51. The maximum absolute atomic E-state index is 12.5. The minimum atomic E-state index is -4.89. The number of carbonyl (C=O) groups excluding carboxylic acids is 1. The quantitative estimate of drug-likeness (QED) is 0.743. The van der Waals surface area contributed by atoms with Gasteiger partial charge in [0.25, 0.3) is 5.78 Å². The predicted octanol–water partition coefficient (Wildman–Crippen LogP) is 4.68. The Labute approximate surface area is 138 Å². The number of alkyl halides is 3. The Morgan fingerprint density at radius 3 is 2.08 bits per heavy atom. The third kappa shape index (κ3) is 3.37. The van der Waals surface area contributed by atoms with Gasteiger partial charge in [0.15, 0.2) is 0 Å². The van der Waals surface area contributed by atoms with Crippen molar-refractivity contribution in [3.05, 3.63) is 47.5 Å². The van der Waals surface area contributed by atoms with Crippen LogP contribution in [0.2, 0.25) is 0 Å². The van der Waals surface area contributed by atoms with Crippen LogP contribution in [0.3, 0.4) is 0 Å². The molecule has 0 saturated heterocycles. The average Bonchev–Trinajstić information content (AvgIpc) is 2.58. The third-order valence-corrected chi connectivity index (χ3v) is 3.70. The summed E-state index contributed by atoms with van der Waals surface area (Å²) in [6.45, 7) is 1.97. The second kappa shape index (κ2) is 6.95. The molecule has 0 atom stereocenters. The lowest BCUT2D eigenvalue weighted by Crippen LogP contribution is -2.22. The van der Waals surface area contributed by atoms with Crippen molar-refractivity contribution in [1.82, 2.24) is 0 Å². The lowest BCUT2D eigenvalue weighted by molar-refractivity contribution is -0.0885. The Balaban J connectivity index is 2.54. The first-order valence-electron chi connectivity index (χ1n) is 7.29. The molecular formula is C18H17F3O3. The smallest absolute Gasteiger partial charge is 0.454 e. The van der Waals surface area contributed by atoms with E-state index >= 15 is 0 Å². The second-order valence-electron chi connectivity index (χ2n) is 5.09. The van der Waals surface area contributed by atoms with Crippen molar-refractivity contribution >= 4 is 5.78 Å². The predicted molar refractivity (Wildman–Crippen MR) is 84.7 cm³/mol. The number of carbonyl (C=O) groups is 1. The molecule has 0 fully saturated rings. The molecule has 0 aromatic heterocycles. The first kappa shape index (κ1) is 17.8. The Hall–Kier alpha value is -2.50. The number of Topliss-reactive ketones (excluding diaryl/α,β-unsaturated/α-hetero) is 1. The maximum atomic E-state index is 12.5. The molecule has 0 saturated carbocycles. The van der Waals surface area contributed by atoms with Gasteiger partial charge in [0.1, 0.15) is 11.5 Å². The molecule has 2 aromatic rings. The molecule has 0 N–H and O–H groups in total. The first-order valence-corrected chi connectivity index (χ1v) is 7.29. The molecule has 2 aromatic carbocycles. The van der Waals surface area contributed by atoms with E-state index in [-0.39, 0.29) is 0 Å². The number of methoxy groups -OCH3 is 2. The van der Waals surface area contributed by atoms with Crippen molar-refractivity contribution in [1.29, 1.82) is 0 Å². The molecule has 2 rings (SSSR count). The molecule has 24 heavy (non-hydrogen) atoms. The number of hydrogen-bond donors (Lipinski definition) is 0. The molecule has 0 bridgehead atoms. The number of aryl methyl sites for hydroxylation is 1. The second-order valence-corrected chi connectivity index (χ2v) is 5.09. The summed E-state index contributed by atoms with van der Waals surface area (Å²) in [6.07, 6.45) is -4.16. The van der Waals surface area contributed by atoms with Gasteiger partial charge in [-0.3, -0.25) is 4.79 Å². The Morgan fingerprint density at radius 2 is 1.62 bits per heavy atom. The van der Waals surface area contributed by atoms with Gasteiger partial charge in [0.2, 0.25) is 0 Å². The molecule has 0 aliphatic carbocycles. The Bertz CT molecular complexity index is 734. The van der Waals surface area contributed by atoms with Crippen LogP contribution in [0.15, 0.2) is 36.4 Å². The molecule has 0 heterocycles. The van der Waals surface area contributed by atoms with Crippen LogP contribution in [-0.4, -0.2) is 26.2 Å². The molecule has 0 spiro atoms. The summed E-state index contributed by atoms with van der Waals surface area (Å²) in [6, 6.07) is 8.89. The van der Waals surface area contributed by atoms with Gasteiger partial charge in [-0.25, -0.2) is 0 Å². The molecule has 6 heteroatoms. The van der Waals surface area contributed by atoms with Crippen LogP contribution in [0.5, 0.6) is 11.5 Å². The van der Waals surface area contributed by atoms with Gasteiger partial charge in [-0.1, -0.05) is 37.3 Å². The maximum Gasteiger partial charge on any atom is 0.454 e. The lowest BCUT2D eigenvalue weighted by Gasteiger charge is -2.17. The normalized spacial score (nSPS) is 11.2. The van der Waals surface area contributed by atoms with E-state index in [9.17, 15) is 18.0 Å². The van der Waals surface area contributed by atoms with E-state index in [4.69, 9.17) is 9.47 Å². The molecule has 128 valence electrons. The van der Waals surface area contributed by atoms with Gasteiger partial charge >= 0.3 is 6.18 Å². The molecule has 0 unspecified atom stereocenters. The monoisotopic (exact) mass is 338 g/mol. The molecular weight excluding hydrogens is 321 g/mol. The summed E-state index contributed by atoms with van der Waals surface area (Å²) in [5.74, 6) is -0.721. The van der Waals surface area contributed by atoms with Crippen LogP contribution in [0, 0.1) is 0 Å². The fraction of sp³-hybridized carbons (Fsp3) is 0.278. The highest BCUT2D eigenvalue weighted by atomic mass is 19.4. The summed E-state index contributed by atoms with van der Waals surface area (Å²) in [5.41, 5.74) is 1.79. The van der Waals surface area contributed by atoms with Crippen LogP contribution in [-0.2, 0) is 6.42 Å². The number of ether oxygens (including phenoxy) is 2. The summed E-state index contributed by atoms with van der Waals surface area (Å²) >= 11 is 0. The minimum absolute atomic E-state index is 0.407. The topological polar surface area (TPSA) is 35.5 Å². The summed E-state index contributed by atoms with van der Waals surface area (Å²) in [4.78, 5) is 11.3. The van der Waals surface area contributed by atoms with Gasteiger partial charge in [0.05, 0.1) is 19.8 Å². The zero-order valence-electron chi connectivity index (χ0n) is 13.5. The lowest BCUT2D eigenvalue weighted by atomic mass is 9.97. The van der Waals surface area contributed by atoms with E-state index in [0.29, 0.717) is 22.6 Å². The largest absolute Gasteiger partial charge is 0.496 e. The molecule has 3 nitrogen and oxygen atoms in total. The van der Waals surface area contributed by atoms with E-state index < -0.39 is 17.5 Å². The zero-order valence-corrected chi connectivity index (χ0v) is 13.5. The number of benzene rings is 2. The van der Waals surface area contributed by atoms with Crippen molar-refractivity contribution in [3.63, 3.8) is 0 Å². The van der Waals surface area contributed by atoms with Crippen LogP contribution in [0.4, 0.5) is 13.2 Å². The molecule has 0 aliphatic rings. The van der Waals surface area contributed by atoms with Gasteiger partial charge in [-0.15, -0.1) is 0 Å². The zero-order chi connectivity index (χ0) is 17.9. The van der Waals surface area contributed by atoms with Gasteiger partial charge in [0, 0.05) is 5.56 Å². The summed E-state index contributed by atoms with van der Waals surface area (Å²) in [7, 11) is 3.03. The van der Waals surface area contributed by atoms with Crippen molar-refractivity contribution in [3.8, 4) is 22.6 Å². The average molecular weight is 338 g/mol. The van der Waals surface area contributed by atoms with Crippen molar-refractivity contribution in [2.45, 2.75) is 19.5 Å². The van der Waals surface area contributed by atoms with E-state index in [0.717, 1.165) is 24.1 Å². The number of halogens is 3. The number of ketones is 1. The first-order chi connectivity index (χ1) is 11.3. The standard InChI is InChI=1S/C18H17F3O3/c1-4-11-9-10-14(23-2)15(16(11)24-3)12-5-7-13(8-6-12)17(22)18(19,20)21/h5-10H,4H2,1-3H3. The van der Waals surface area contributed by atoms with Gasteiger partial charge < -0.3 is 9.47 Å². The van der Waals surface area contributed by atoms with E-state index in [1.54, 1.807) is 6.07 Å². The van der Waals surface area contributed by atoms with E-state index in [1.165, 1.54) is 26.4 Å². The highest BCUT2D eigenvalue weighted by Crippen LogP contribution is 2.41. The van der Waals surface area contributed by atoms with Crippen molar-refractivity contribution < 1.29 is 27.4 Å². The van der Waals surface area contributed by atoms with Crippen molar-refractivity contribution in [2.75, 3.05) is 14.2 Å². The number of hydrogen-bond acceptors (Lipinski definition) is 3. The van der Waals surface area contributed by atoms with Crippen molar-refractivity contribution in [2.24, 2.45) is 0 Å². The van der Waals surface area contributed by atoms with Crippen LogP contribution < -0.4 is 9.47 Å². The van der Waals surface area contributed by atoms with Gasteiger partial charge in [-0.2, -0.15) is 13.2 Å². The molecule has 0 aliphatic heterocycles. The number of rotatable bonds is 5. The van der Waals surface area contributed by atoms with E-state index in [1.807, 2.05) is 13.0 Å². The van der Waals surface area contributed by atoms with Crippen LogP contribution in [0.1, 0.15) is 22.8 Å². The SMILES string of the molecule is CCc1ccc(OC)c(-c2ccc(C(=O)C(F)(F)F)cc2)c1OC. The Morgan fingerprint density at radius 1 is 1.00 bits per heavy atom. The molecule has 0 amide bonds. The summed E-state index contributed by atoms with van der Waals surface area (Å²) in [5, 5.41) is 0. The highest BCUT2D eigenvalue weighted by Gasteiger charge is 2.39. The van der Waals surface area contributed by atoms with E-state index in [2.05, 4.69) is 0 Å². The molecule has 0 radical (unpaired) electrons. The summed E-state index contributed by atoms with van der Waals surface area (Å²) < 4.78 is 48.3. The minimum Gasteiger partial charge on any atom is -0.496 e. The Kier molecular flexibility index (Phi) is 5.17. The van der Waals surface area contributed by atoms with Gasteiger partial charge in [-0.05, 0) is 23.6 Å².